The number of para-hydroxylation sites is 1. The van der Waals surface area contributed by atoms with Crippen molar-refractivity contribution in [3.8, 4) is 5.75 Å². The van der Waals surface area contributed by atoms with Gasteiger partial charge in [-0.05, 0) is 36.5 Å². The third kappa shape index (κ3) is 2.58. The molecule has 0 amide bonds. The molecule has 2 unspecified atom stereocenters. The molecule has 1 aliphatic rings. The van der Waals surface area contributed by atoms with Crippen LogP contribution in [0, 0.1) is 0 Å². The lowest BCUT2D eigenvalue weighted by Crippen LogP contribution is -2.20. The van der Waals surface area contributed by atoms with E-state index in [0.29, 0.717) is 5.92 Å². The number of aromatic nitrogens is 2. The zero-order valence-electron chi connectivity index (χ0n) is 10.7. The monoisotopic (exact) mass is 255 g/mol. The molecule has 0 bridgehead atoms. The molecule has 1 aromatic heterocycles. The molecule has 4 heteroatoms. The van der Waals surface area contributed by atoms with E-state index < -0.39 is 0 Å². The first-order chi connectivity index (χ1) is 9.34. The summed E-state index contributed by atoms with van der Waals surface area (Å²) in [5, 5.41) is 0. The van der Waals surface area contributed by atoms with Crippen LogP contribution in [0.15, 0.2) is 42.9 Å². The van der Waals surface area contributed by atoms with Crippen LogP contribution in [0.4, 0.5) is 0 Å². The van der Waals surface area contributed by atoms with Gasteiger partial charge in [0.15, 0.2) is 0 Å². The highest BCUT2D eigenvalue weighted by molar-refractivity contribution is 5.37. The normalized spacial score (nSPS) is 19.3. The predicted molar refractivity (Wildman–Crippen MR) is 72.9 cm³/mol. The molecular formula is C15H17N3O. The second kappa shape index (κ2) is 5.36. The lowest BCUT2D eigenvalue weighted by Gasteiger charge is -2.27. The summed E-state index contributed by atoms with van der Waals surface area (Å²) in [5.41, 5.74) is 8.42. The fourth-order valence-electron chi connectivity index (χ4n) is 2.61. The van der Waals surface area contributed by atoms with Gasteiger partial charge in [-0.1, -0.05) is 18.2 Å². The van der Waals surface area contributed by atoms with Gasteiger partial charge in [-0.25, -0.2) is 9.97 Å². The molecule has 98 valence electrons. The van der Waals surface area contributed by atoms with Crippen molar-refractivity contribution in [1.29, 1.82) is 0 Å². The van der Waals surface area contributed by atoms with Crippen molar-refractivity contribution in [1.82, 2.24) is 9.97 Å². The topological polar surface area (TPSA) is 61.0 Å². The molecule has 4 nitrogen and oxygen atoms in total. The summed E-state index contributed by atoms with van der Waals surface area (Å²) in [4.78, 5) is 8.16. The van der Waals surface area contributed by atoms with Crippen molar-refractivity contribution in [2.45, 2.75) is 24.8 Å². The van der Waals surface area contributed by atoms with Crippen molar-refractivity contribution in [2.24, 2.45) is 5.73 Å². The number of ether oxygens (including phenoxy) is 1. The van der Waals surface area contributed by atoms with Crippen molar-refractivity contribution in [3.05, 3.63) is 54.1 Å². The Morgan fingerprint density at radius 1 is 1.32 bits per heavy atom. The average Bonchev–Trinajstić information content (AvgIpc) is 2.48. The van der Waals surface area contributed by atoms with Gasteiger partial charge in [0.25, 0.3) is 0 Å². The lowest BCUT2D eigenvalue weighted by atomic mass is 9.87. The van der Waals surface area contributed by atoms with Gasteiger partial charge in [0.2, 0.25) is 0 Å². The number of hydrogen-bond donors (Lipinski definition) is 1. The van der Waals surface area contributed by atoms with Crippen LogP contribution in [0.3, 0.4) is 0 Å². The Balaban J connectivity index is 1.78. The summed E-state index contributed by atoms with van der Waals surface area (Å²) in [7, 11) is 0. The quantitative estimate of drug-likeness (QED) is 0.915. The van der Waals surface area contributed by atoms with Crippen LogP contribution in [0.5, 0.6) is 5.75 Å². The Bertz CT molecular complexity index is 544. The Labute approximate surface area is 112 Å². The molecule has 0 saturated heterocycles. The van der Waals surface area contributed by atoms with Gasteiger partial charge in [-0.3, -0.25) is 0 Å². The van der Waals surface area contributed by atoms with E-state index >= 15 is 0 Å². The molecule has 1 aromatic carbocycles. The minimum absolute atomic E-state index is 0.0563. The fourth-order valence-corrected chi connectivity index (χ4v) is 2.61. The van der Waals surface area contributed by atoms with Gasteiger partial charge in [0.05, 0.1) is 12.3 Å². The summed E-state index contributed by atoms with van der Waals surface area (Å²) in [6, 6.07) is 10.0. The van der Waals surface area contributed by atoms with Crippen LogP contribution in [-0.4, -0.2) is 16.6 Å². The molecule has 0 fully saturated rings. The van der Waals surface area contributed by atoms with E-state index in [1.165, 1.54) is 5.56 Å². The highest BCUT2D eigenvalue weighted by atomic mass is 16.5. The first-order valence-electron chi connectivity index (χ1n) is 6.58. The van der Waals surface area contributed by atoms with Crippen LogP contribution in [0.25, 0.3) is 0 Å². The van der Waals surface area contributed by atoms with Crippen LogP contribution in [-0.2, 0) is 0 Å². The molecular weight excluding hydrogens is 238 g/mol. The smallest absolute Gasteiger partial charge is 0.122 e. The van der Waals surface area contributed by atoms with Gasteiger partial charge in [0.1, 0.15) is 12.1 Å². The van der Waals surface area contributed by atoms with E-state index in [2.05, 4.69) is 22.1 Å². The SMILES string of the molecule is NC(CC1CCOc2ccccc21)c1ccncn1. The fraction of sp³-hybridized carbons (Fsp3) is 0.333. The largest absolute Gasteiger partial charge is 0.493 e. The second-order valence-corrected chi connectivity index (χ2v) is 4.85. The number of benzene rings is 1. The van der Waals surface area contributed by atoms with Gasteiger partial charge < -0.3 is 10.5 Å². The number of fused-ring (bicyclic) bond motifs is 1. The Hall–Kier alpha value is -1.94. The Kier molecular flexibility index (Phi) is 3.42. The Morgan fingerprint density at radius 2 is 2.21 bits per heavy atom. The molecule has 0 saturated carbocycles. The molecule has 2 atom stereocenters. The molecule has 3 rings (SSSR count). The summed E-state index contributed by atoms with van der Waals surface area (Å²) < 4.78 is 5.67. The number of nitrogens with two attached hydrogens (primary N) is 1. The first kappa shape index (κ1) is 12.1. The molecule has 0 spiro atoms. The van der Waals surface area contributed by atoms with Crippen LogP contribution < -0.4 is 10.5 Å². The van der Waals surface area contributed by atoms with Crippen LogP contribution in [0.1, 0.15) is 36.1 Å². The van der Waals surface area contributed by atoms with Crippen molar-refractivity contribution < 1.29 is 4.74 Å². The van der Waals surface area contributed by atoms with Crippen molar-refractivity contribution in [3.63, 3.8) is 0 Å². The standard InChI is InChI=1S/C15H17N3O/c16-13(14-5-7-17-10-18-14)9-11-6-8-19-15-4-2-1-3-12(11)15/h1-5,7,10-11,13H,6,8-9,16H2. The molecule has 0 radical (unpaired) electrons. The van der Waals surface area contributed by atoms with E-state index in [1.807, 2.05) is 18.2 Å². The maximum absolute atomic E-state index is 6.25. The van der Waals surface area contributed by atoms with Crippen molar-refractivity contribution in [2.75, 3.05) is 6.61 Å². The molecule has 1 aliphatic heterocycles. The van der Waals surface area contributed by atoms with E-state index in [4.69, 9.17) is 10.5 Å². The first-order valence-corrected chi connectivity index (χ1v) is 6.58. The maximum atomic E-state index is 6.25. The highest BCUT2D eigenvalue weighted by Gasteiger charge is 2.23. The predicted octanol–water partition coefficient (Wildman–Crippen LogP) is 2.43. The summed E-state index contributed by atoms with van der Waals surface area (Å²) >= 11 is 0. The van der Waals surface area contributed by atoms with Gasteiger partial charge >= 0.3 is 0 Å². The van der Waals surface area contributed by atoms with Crippen LogP contribution >= 0.6 is 0 Å². The molecule has 19 heavy (non-hydrogen) atoms. The zero-order chi connectivity index (χ0) is 13.1. The molecule has 2 heterocycles. The van der Waals surface area contributed by atoms with E-state index in [-0.39, 0.29) is 6.04 Å². The maximum Gasteiger partial charge on any atom is 0.122 e. The highest BCUT2D eigenvalue weighted by Crippen LogP contribution is 2.37. The average molecular weight is 255 g/mol. The van der Waals surface area contributed by atoms with Gasteiger partial charge in [0, 0.05) is 12.2 Å². The number of nitrogens with zero attached hydrogens (tertiary/aromatic N) is 2. The third-order valence-corrected chi connectivity index (χ3v) is 3.61. The van der Waals surface area contributed by atoms with E-state index in [9.17, 15) is 0 Å². The van der Waals surface area contributed by atoms with Crippen molar-refractivity contribution >= 4 is 0 Å². The molecule has 2 aromatic rings. The minimum atomic E-state index is -0.0563. The number of rotatable bonds is 3. The summed E-state index contributed by atoms with van der Waals surface area (Å²) in [5.74, 6) is 1.43. The van der Waals surface area contributed by atoms with Gasteiger partial charge in [-0.15, -0.1) is 0 Å². The molecule has 0 aliphatic carbocycles. The Morgan fingerprint density at radius 3 is 3.05 bits per heavy atom. The second-order valence-electron chi connectivity index (χ2n) is 4.85. The summed E-state index contributed by atoms with van der Waals surface area (Å²) in [6.45, 7) is 0.762. The third-order valence-electron chi connectivity index (χ3n) is 3.61. The summed E-state index contributed by atoms with van der Waals surface area (Å²) in [6.07, 6.45) is 5.18. The van der Waals surface area contributed by atoms with E-state index in [0.717, 1.165) is 30.9 Å². The zero-order valence-corrected chi connectivity index (χ0v) is 10.7. The van der Waals surface area contributed by atoms with E-state index in [1.54, 1.807) is 12.5 Å². The minimum Gasteiger partial charge on any atom is -0.493 e. The number of hydrogen-bond acceptors (Lipinski definition) is 4. The lowest BCUT2D eigenvalue weighted by molar-refractivity contribution is 0.259. The van der Waals surface area contributed by atoms with Crippen LogP contribution in [0.2, 0.25) is 0 Å². The van der Waals surface area contributed by atoms with Gasteiger partial charge in [-0.2, -0.15) is 0 Å². The molecule has 2 N–H and O–H groups in total.